The molecule has 0 spiro atoms. The lowest BCUT2D eigenvalue weighted by molar-refractivity contribution is -0.173. The van der Waals surface area contributed by atoms with Crippen molar-refractivity contribution < 1.29 is 38.1 Å². The van der Waals surface area contributed by atoms with Crippen molar-refractivity contribution in [2.24, 2.45) is 0 Å². The molecule has 2 atom stereocenters. The molecule has 0 amide bonds. The van der Waals surface area contributed by atoms with E-state index in [0.29, 0.717) is 0 Å². The van der Waals surface area contributed by atoms with Gasteiger partial charge in [0.25, 0.3) is 0 Å². The van der Waals surface area contributed by atoms with Gasteiger partial charge in [0.15, 0.2) is 0 Å². The zero-order valence-electron chi connectivity index (χ0n) is 16.6. The van der Waals surface area contributed by atoms with E-state index in [2.05, 4.69) is 0 Å². The summed E-state index contributed by atoms with van der Waals surface area (Å²) in [5.41, 5.74) is 0.285. The standard InChI is InChI=1S/C22H22O8/c1-3-27-21(25)17(29-19(23)15-11-7-5-8-12-15)18(22(26)28-4-2)30-20(24)16-13-9-6-10-14-16/h5-14,17-18H,3-4H2,1-2H3/t17-,18-/m1/s1. The van der Waals surface area contributed by atoms with Gasteiger partial charge in [-0.15, -0.1) is 0 Å². The van der Waals surface area contributed by atoms with Gasteiger partial charge in [0.1, 0.15) is 0 Å². The van der Waals surface area contributed by atoms with Crippen LogP contribution in [-0.2, 0) is 28.5 Å². The third kappa shape index (κ3) is 6.16. The first-order valence-corrected chi connectivity index (χ1v) is 9.33. The molecule has 8 nitrogen and oxygen atoms in total. The number of esters is 4. The van der Waals surface area contributed by atoms with Crippen molar-refractivity contribution in [3.05, 3.63) is 71.8 Å². The summed E-state index contributed by atoms with van der Waals surface area (Å²) in [4.78, 5) is 49.9. The summed E-state index contributed by atoms with van der Waals surface area (Å²) in [7, 11) is 0. The second kappa shape index (κ2) is 11.4. The number of carbonyl (C=O) groups is 4. The number of hydrogen-bond donors (Lipinski definition) is 0. The van der Waals surface area contributed by atoms with Crippen LogP contribution >= 0.6 is 0 Å². The van der Waals surface area contributed by atoms with E-state index >= 15 is 0 Å². The lowest BCUT2D eigenvalue weighted by Gasteiger charge is -2.24. The monoisotopic (exact) mass is 414 g/mol. The number of ether oxygens (including phenoxy) is 4. The van der Waals surface area contributed by atoms with Crippen molar-refractivity contribution in [1.82, 2.24) is 0 Å². The Morgan fingerprint density at radius 2 is 0.967 bits per heavy atom. The van der Waals surface area contributed by atoms with Crippen molar-refractivity contribution in [3.63, 3.8) is 0 Å². The Labute approximate surface area is 173 Å². The summed E-state index contributed by atoms with van der Waals surface area (Å²) < 4.78 is 20.3. The molecule has 0 aliphatic rings. The molecule has 0 saturated heterocycles. The van der Waals surface area contributed by atoms with Gasteiger partial charge in [-0.1, -0.05) is 36.4 Å². The molecule has 0 heterocycles. The van der Waals surface area contributed by atoms with E-state index in [1.54, 1.807) is 50.2 Å². The molecule has 0 fully saturated rings. The number of carbonyl (C=O) groups excluding carboxylic acids is 4. The maximum atomic E-state index is 12.5. The second-order valence-electron chi connectivity index (χ2n) is 5.89. The highest BCUT2D eigenvalue weighted by atomic mass is 16.6. The molecule has 8 heteroatoms. The molecule has 158 valence electrons. The fourth-order valence-corrected chi connectivity index (χ4v) is 2.43. The van der Waals surface area contributed by atoms with Gasteiger partial charge in [0, 0.05) is 0 Å². The fraction of sp³-hybridized carbons (Fsp3) is 0.273. The Balaban J connectivity index is 2.33. The van der Waals surface area contributed by atoms with Crippen LogP contribution in [0.3, 0.4) is 0 Å². The van der Waals surface area contributed by atoms with Crippen molar-refractivity contribution in [2.75, 3.05) is 13.2 Å². The van der Waals surface area contributed by atoms with E-state index in [9.17, 15) is 19.2 Å². The Kier molecular flexibility index (Phi) is 8.56. The molecular weight excluding hydrogens is 392 g/mol. The highest BCUT2D eigenvalue weighted by Crippen LogP contribution is 2.15. The van der Waals surface area contributed by atoms with Crippen molar-refractivity contribution >= 4 is 23.9 Å². The van der Waals surface area contributed by atoms with Crippen LogP contribution in [0, 0.1) is 0 Å². The summed E-state index contributed by atoms with van der Waals surface area (Å²) in [6, 6.07) is 15.7. The predicted molar refractivity (Wildman–Crippen MR) is 105 cm³/mol. The number of rotatable bonds is 9. The Morgan fingerprint density at radius 1 is 0.633 bits per heavy atom. The highest BCUT2D eigenvalue weighted by molar-refractivity contribution is 5.95. The number of benzene rings is 2. The minimum atomic E-state index is -1.84. The molecule has 30 heavy (non-hydrogen) atoms. The summed E-state index contributed by atoms with van der Waals surface area (Å²) in [5.74, 6) is -3.86. The van der Waals surface area contributed by atoms with Gasteiger partial charge in [-0.05, 0) is 38.1 Å². The minimum Gasteiger partial charge on any atom is -0.463 e. The van der Waals surface area contributed by atoms with Crippen LogP contribution in [0.25, 0.3) is 0 Å². The highest BCUT2D eigenvalue weighted by Gasteiger charge is 2.42. The smallest absolute Gasteiger partial charge is 0.352 e. The minimum absolute atomic E-state index is 0.0413. The van der Waals surface area contributed by atoms with Gasteiger partial charge >= 0.3 is 23.9 Å². The number of hydrogen-bond acceptors (Lipinski definition) is 8. The molecule has 0 saturated carbocycles. The van der Waals surface area contributed by atoms with Crippen molar-refractivity contribution in [1.29, 1.82) is 0 Å². The van der Waals surface area contributed by atoms with Crippen LogP contribution in [0.4, 0.5) is 0 Å². The Bertz CT molecular complexity index is 790. The zero-order chi connectivity index (χ0) is 21.9. The van der Waals surface area contributed by atoms with Crippen LogP contribution in [-0.4, -0.2) is 49.3 Å². The van der Waals surface area contributed by atoms with Gasteiger partial charge in [-0.25, -0.2) is 19.2 Å². The van der Waals surface area contributed by atoms with E-state index in [1.165, 1.54) is 24.3 Å². The first kappa shape index (κ1) is 22.6. The van der Waals surface area contributed by atoms with Gasteiger partial charge in [0.05, 0.1) is 24.3 Å². The van der Waals surface area contributed by atoms with E-state index < -0.39 is 36.1 Å². The lowest BCUT2D eigenvalue weighted by Crippen LogP contribution is -2.47. The van der Waals surface area contributed by atoms with E-state index in [1.807, 2.05) is 0 Å². The average Bonchev–Trinajstić information content (AvgIpc) is 2.77. The van der Waals surface area contributed by atoms with E-state index in [-0.39, 0.29) is 24.3 Å². The topological polar surface area (TPSA) is 105 Å². The summed E-state index contributed by atoms with van der Waals surface area (Å²) >= 11 is 0. The molecule has 0 N–H and O–H groups in total. The average molecular weight is 414 g/mol. The van der Waals surface area contributed by atoms with E-state index in [4.69, 9.17) is 18.9 Å². The summed E-state index contributed by atoms with van der Waals surface area (Å²) in [5, 5.41) is 0. The largest absolute Gasteiger partial charge is 0.463 e. The third-order valence-electron chi connectivity index (χ3n) is 3.80. The zero-order valence-corrected chi connectivity index (χ0v) is 16.6. The van der Waals surface area contributed by atoms with Crippen LogP contribution < -0.4 is 0 Å². The van der Waals surface area contributed by atoms with Crippen LogP contribution in [0.5, 0.6) is 0 Å². The van der Waals surface area contributed by atoms with Gasteiger partial charge in [-0.3, -0.25) is 0 Å². The SMILES string of the molecule is CCOC(=O)[C@H](OC(=O)c1ccccc1)[C@@H](OC(=O)c1ccccc1)C(=O)OCC. The van der Waals surface area contributed by atoms with Gasteiger partial charge in [-0.2, -0.15) is 0 Å². The fourth-order valence-electron chi connectivity index (χ4n) is 2.43. The summed E-state index contributed by atoms with van der Waals surface area (Å²) in [6.07, 6.45) is -3.69. The van der Waals surface area contributed by atoms with Crippen LogP contribution in [0.15, 0.2) is 60.7 Å². The molecule has 0 radical (unpaired) electrons. The van der Waals surface area contributed by atoms with Crippen LogP contribution in [0.2, 0.25) is 0 Å². The maximum absolute atomic E-state index is 12.5. The predicted octanol–water partition coefficient (Wildman–Crippen LogP) is 2.56. The quantitative estimate of drug-likeness (QED) is 0.455. The third-order valence-corrected chi connectivity index (χ3v) is 3.80. The molecule has 0 aliphatic heterocycles. The van der Waals surface area contributed by atoms with Gasteiger partial charge in [0.2, 0.25) is 12.2 Å². The second-order valence-corrected chi connectivity index (χ2v) is 5.89. The molecule has 2 aromatic rings. The lowest BCUT2D eigenvalue weighted by atomic mass is 10.1. The Hall–Kier alpha value is -3.68. The molecule has 2 rings (SSSR count). The van der Waals surface area contributed by atoms with Crippen molar-refractivity contribution in [2.45, 2.75) is 26.1 Å². The first-order chi connectivity index (χ1) is 14.5. The molecular formula is C22H22O8. The maximum Gasteiger partial charge on any atom is 0.352 e. The molecule has 0 aliphatic carbocycles. The van der Waals surface area contributed by atoms with Crippen LogP contribution in [0.1, 0.15) is 34.6 Å². The van der Waals surface area contributed by atoms with Crippen molar-refractivity contribution in [3.8, 4) is 0 Å². The normalized spacial score (nSPS) is 12.2. The molecule has 0 bridgehead atoms. The van der Waals surface area contributed by atoms with E-state index in [0.717, 1.165) is 0 Å². The molecule has 0 aromatic heterocycles. The Morgan fingerprint density at radius 3 is 1.27 bits per heavy atom. The first-order valence-electron chi connectivity index (χ1n) is 9.33. The van der Waals surface area contributed by atoms with Gasteiger partial charge < -0.3 is 18.9 Å². The molecule has 2 aromatic carbocycles. The molecule has 0 unspecified atom stereocenters. The summed E-state index contributed by atoms with van der Waals surface area (Å²) in [6.45, 7) is 3.01.